The standard InChI is InChI=1S/C5H12O3.C4H6O2/c6-2-1-5(3-7)4-8;1-3-6-4(2)5/h5-8H,1-4H2;3H,1H2,2H3. The topological polar surface area (TPSA) is 87.0 Å². The Balaban J connectivity index is 0. The summed E-state index contributed by atoms with van der Waals surface area (Å²) in [7, 11) is 0. The Morgan fingerprint density at radius 1 is 1.43 bits per heavy atom. The van der Waals surface area contributed by atoms with Crippen LogP contribution < -0.4 is 0 Å². The molecule has 3 N–H and O–H groups in total. The summed E-state index contributed by atoms with van der Waals surface area (Å²) in [5, 5.41) is 25.0. The SMILES string of the molecule is C=COC(C)=O.OCCC(CO)CO. The van der Waals surface area contributed by atoms with Crippen LogP contribution in [0.2, 0.25) is 0 Å². The van der Waals surface area contributed by atoms with Crippen LogP contribution in [0.3, 0.4) is 0 Å². The highest BCUT2D eigenvalue weighted by Crippen LogP contribution is 1.97. The van der Waals surface area contributed by atoms with E-state index >= 15 is 0 Å². The summed E-state index contributed by atoms with van der Waals surface area (Å²) in [5.41, 5.74) is 0. The van der Waals surface area contributed by atoms with E-state index in [9.17, 15) is 4.79 Å². The van der Waals surface area contributed by atoms with E-state index in [1.165, 1.54) is 6.92 Å². The second-order valence-corrected chi connectivity index (χ2v) is 2.52. The van der Waals surface area contributed by atoms with Gasteiger partial charge in [-0.05, 0) is 6.42 Å². The van der Waals surface area contributed by atoms with Gasteiger partial charge in [0.2, 0.25) is 0 Å². The zero-order valence-electron chi connectivity index (χ0n) is 8.35. The Bertz CT molecular complexity index is 142. The molecule has 0 unspecified atom stereocenters. The van der Waals surface area contributed by atoms with Gasteiger partial charge in [-0.3, -0.25) is 4.79 Å². The number of carbonyl (C=O) groups is 1. The van der Waals surface area contributed by atoms with E-state index in [4.69, 9.17) is 15.3 Å². The molecule has 5 nitrogen and oxygen atoms in total. The Labute approximate surface area is 83.6 Å². The van der Waals surface area contributed by atoms with Crippen LogP contribution in [0.15, 0.2) is 12.8 Å². The van der Waals surface area contributed by atoms with Crippen molar-refractivity contribution in [3.8, 4) is 0 Å². The van der Waals surface area contributed by atoms with Crippen molar-refractivity contribution in [2.24, 2.45) is 5.92 Å². The van der Waals surface area contributed by atoms with Crippen molar-refractivity contribution in [3.05, 3.63) is 12.8 Å². The van der Waals surface area contributed by atoms with Gasteiger partial charge in [-0.1, -0.05) is 6.58 Å². The van der Waals surface area contributed by atoms with Gasteiger partial charge in [0.05, 0.1) is 6.26 Å². The van der Waals surface area contributed by atoms with Crippen molar-refractivity contribution in [2.45, 2.75) is 13.3 Å². The quantitative estimate of drug-likeness (QED) is 0.423. The maximum atomic E-state index is 9.75. The number of aliphatic hydroxyl groups excluding tert-OH is 3. The first-order chi connectivity index (χ1) is 6.62. The molecule has 0 aliphatic heterocycles. The Hall–Kier alpha value is -0.910. The third-order valence-electron chi connectivity index (χ3n) is 1.30. The van der Waals surface area contributed by atoms with E-state index in [1.54, 1.807) is 0 Å². The van der Waals surface area contributed by atoms with Gasteiger partial charge in [0, 0.05) is 32.7 Å². The molecule has 5 heteroatoms. The minimum atomic E-state index is -0.329. The van der Waals surface area contributed by atoms with E-state index in [0.29, 0.717) is 6.42 Å². The monoisotopic (exact) mass is 206 g/mol. The Morgan fingerprint density at radius 2 is 1.93 bits per heavy atom. The van der Waals surface area contributed by atoms with Gasteiger partial charge in [-0.2, -0.15) is 0 Å². The van der Waals surface area contributed by atoms with Crippen LogP contribution >= 0.6 is 0 Å². The van der Waals surface area contributed by atoms with Crippen molar-refractivity contribution in [2.75, 3.05) is 19.8 Å². The highest BCUT2D eigenvalue weighted by Gasteiger charge is 2.02. The minimum Gasteiger partial charge on any atom is -0.435 e. The van der Waals surface area contributed by atoms with Crippen LogP contribution in [0, 0.1) is 5.92 Å². The molecule has 14 heavy (non-hydrogen) atoms. The number of ether oxygens (including phenoxy) is 1. The number of rotatable bonds is 5. The molecule has 0 bridgehead atoms. The first-order valence-electron chi connectivity index (χ1n) is 4.23. The number of hydrogen-bond acceptors (Lipinski definition) is 5. The molecule has 0 aromatic carbocycles. The molecule has 0 amide bonds. The fraction of sp³-hybridized carbons (Fsp3) is 0.667. The molecule has 0 aromatic rings. The smallest absolute Gasteiger partial charge is 0.307 e. The maximum absolute atomic E-state index is 9.75. The van der Waals surface area contributed by atoms with Gasteiger partial charge in [-0.15, -0.1) is 0 Å². The third kappa shape index (κ3) is 13.7. The lowest BCUT2D eigenvalue weighted by molar-refractivity contribution is -0.135. The zero-order valence-corrected chi connectivity index (χ0v) is 8.35. The fourth-order valence-electron chi connectivity index (χ4n) is 0.540. The molecular weight excluding hydrogens is 188 g/mol. The molecule has 0 fully saturated rings. The van der Waals surface area contributed by atoms with Gasteiger partial charge in [-0.25, -0.2) is 0 Å². The van der Waals surface area contributed by atoms with Crippen molar-refractivity contribution < 1.29 is 24.9 Å². The summed E-state index contributed by atoms with van der Waals surface area (Å²) in [6.07, 6.45) is 1.58. The molecule has 0 saturated heterocycles. The molecule has 0 saturated carbocycles. The lowest BCUT2D eigenvalue weighted by atomic mass is 10.1. The van der Waals surface area contributed by atoms with E-state index < -0.39 is 0 Å². The molecule has 84 valence electrons. The van der Waals surface area contributed by atoms with Gasteiger partial charge in [0.1, 0.15) is 0 Å². The summed E-state index contributed by atoms with van der Waals surface area (Å²) < 4.78 is 4.17. The van der Waals surface area contributed by atoms with Crippen LogP contribution in [0.25, 0.3) is 0 Å². The first kappa shape index (κ1) is 15.6. The zero-order chi connectivity index (χ0) is 11.4. The van der Waals surface area contributed by atoms with Crippen molar-refractivity contribution >= 4 is 5.97 Å². The van der Waals surface area contributed by atoms with Crippen molar-refractivity contribution in [3.63, 3.8) is 0 Å². The molecule has 0 radical (unpaired) electrons. The summed E-state index contributed by atoms with van der Waals surface area (Å²) in [6.45, 7) is 4.42. The second-order valence-electron chi connectivity index (χ2n) is 2.52. The molecule has 0 aliphatic rings. The second kappa shape index (κ2) is 12.1. The molecular formula is C9H18O5. The van der Waals surface area contributed by atoms with Crippen LogP contribution in [0.5, 0.6) is 0 Å². The summed E-state index contributed by atoms with van der Waals surface area (Å²) in [6, 6.07) is 0. The normalized spacial score (nSPS) is 8.93. The van der Waals surface area contributed by atoms with Gasteiger partial charge < -0.3 is 20.1 Å². The summed E-state index contributed by atoms with van der Waals surface area (Å²) >= 11 is 0. The Morgan fingerprint density at radius 3 is 2.00 bits per heavy atom. The van der Waals surface area contributed by atoms with Gasteiger partial charge in [0.15, 0.2) is 0 Å². The highest BCUT2D eigenvalue weighted by molar-refractivity contribution is 5.66. The number of aliphatic hydroxyl groups is 3. The lowest BCUT2D eigenvalue weighted by Crippen LogP contribution is -2.12. The lowest BCUT2D eigenvalue weighted by Gasteiger charge is -2.06. The molecule has 0 rings (SSSR count). The van der Waals surface area contributed by atoms with Crippen molar-refractivity contribution in [1.82, 2.24) is 0 Å². The number of carbonyl (C=O) groups excluding carboxylic acids is 1. The largest absolute Gasteiger partial charge is 0.435 e. The minimum absolute atomic E-state index is 0.0335. The van der Waals surface area contributed by atoms with Gasteiger partial charge in [0.25, 0.3) is 0 Å². The van der Waals surface area contributed by atoms with Crippen LogP contribution in [0.4, 0.5) is 0 Å². The van der Waals surface area contributed by atoms with Crippen LogP contribution in [0.1, 0.15) is 13.3 Å². The van der Waals surface area contributed by atoms with Gasteiger partial charge >= 0.3 is 5.97 Å². The van der Waals surface area contributed by atoms with E-state index in [-0.39, 0.29) is 31.7 Å². The maximum Gasteiger partial charge on any atom is 0.307 e. The highest BCUT2D eigenvalue weighted by atomic mass is 16.5. The molecule has 0 atom stereocenters. The molecule has 0 aromatic heterocycles. The summed E-state index contributed by atoms with van der Waals surface area (Å²) in [4.78, 5) is 9.75. The van der Waals surface area contributed by atoms with Crippen LogP contribution in [-0.4, -0.2) is 41.1 Å². The van der Waals surface area contributed by atoms with E-state index in [0.717, 1.165) is 6.26 Å². The molecule has 0 aliphatic carbocycles. The van der Waals surface area contributed by atoms with E-state index in [2.05, 4.69) is 11.3 Å². The predicted octanol–water partition coefficient (Wildman–Crippen LogP) is -0.337. The van der Waals surface area contributed by atoms with Crippen molar-refractivity contribution in [1.29, 1.82) is 0 Å². The summed E-state index contributed by atoms with van der Waals surface area (Å²) in [5.74, 6) is -0.468. The molecule has 0 spiro atoms. The average molecular weight is 206 g/mol. The predicted molar refractivity (Wildman–Crippen MR) is 51.3 cm³/mol. The first-order valence-corrected chi connectivity index (χ1v) is 4.23. The third-order valence-corrected chi connectivity index (χ3v) is 1.30. The average Bonchev–Trinajstić information content (AvgIpc) is 2.15. The van der Waals surface area contributed by atoms with Crippen LogP contribution in [-0.2, 0) is 9.53 Å². The number of hydrogen-bond donors (Lipinski definition) is 3. The number of esters is 1. The fourth-order valence-corrected chi connectivity index (χ4v) is 0.540. The Kier molecular flexibility index (Phi) is 13.4. The van der Waals surface area contributed by atoms with E-state index in [1.807, 2.05) is 0 Å². The molecule has 0 heterocycles.